The van der Waals surface area contributed by atoms with Gasteiger partial charge in [-0.25, -0.2) is 4.99 Å². The van der Waals surface area contributed by atoms with E-state index in [0.717, 1.165) is 30.8 Å². The molecule has 20 heavy (non-hydrogen) atoms. The summed E-state index contributed by atoms with van der Waals surface area (Å²) in [5.74, 6) is 2.56. The summed E-state index contributed by atoms with van der Waals surface area (Å²) in [6, 6.07) is 0.548. The van der Waals surface area contributed by atoms with Crippen LogP contribution in [-0.4, -0.2) is 50.0 Å². The molecule has 2 aliphatic carbocycles. The zero-order valence-electron chi connectivity index (χ0n) is 13.0. The minimum atomic E-state index is 0.0375. The third kappa shape index (κ3) is 3.87. The van der Waals surface area contributed by atoms with Crippen molar-refractivity contribution < 1.29 is 4.79 Å². The second kappa shape index (κ2) is 6.95. The molecule has 0 saturated heterocycles. The highest BCUT2D eigenvalue weighted by Crippen LogP contribution is 2.44. The molecule has 0 aromatic carbocycles. The fourth-order valence-electron chi connectivity index (χ4n) is 3.28. The third-order valence-electron chi connectivity index (χ3n) is 4.47. The second-order valence-corrected chi connectivity index (χ2v) is 6.31. The van der Waals surface area contributed by atoms with Gasteiger partial charge < -0.3 is 15.5 Å². The van der Waals surface area contributed by atoms with Crippen molar-refractivity contribution in [2.45, 2.75) is 45.1 Å². The quantitative estimate of drug-likeness (QED) is 0.588. The molecule has 1 amide bonds. The zero-order chi connectivity index (χ0) is 14.5. The molecule has 2 rings (SSSR count). The first kappa shape index (κ1) is 15.1. The highest BCUT2D eigenvalue weighted by atomic mass is 16.2. The predicted octanol–water partition coefficient (Wildman–Crippen LogP) is 1.21. The number of likely N-dealkylation sites (N-methyl/N-ethyl adjacent to an activating group) is 1. The summed E-state index contributed by atoms with van der Waals surface area (Å²) < 4.78 is 0. The first-order chi connectivity index (χ1) is 9.60. The molecule has 2 N–H and O–H groups in total. The van der Waals surface area contributed by atoms with Crippen LogP contribution >= 0.6 is 0 Å². The SMILES string of the molecule is CCCNC(=NCC(=O)N(C)C)NC1CC2CCC1C2. The van der Waals surface area contributed by atoms with Crippen LogP contribution in [0.4, 0.5) is 0 Å². The molecule has 2 aliphatic rings. The minimum Gasteiger partial charge on any atom is -0.356 e. The molecule has 0 aromatic rings. The van der Waals surface area contributed by atoms with E-state index in [1.807, 2.05) is 0 Å². The molecule has 0 heterocycles. The van der Waals surface area contributed by atoms with E-state index in [2.05, 4.69) is 22.5 Å². The summed E-state index contributed by atoms with van der Waals surface area (Å²) in [6.45, 7) is 3.24. The summed E-state index contributed by atoms with van der Waals surface area (Å²) in [4.78, 5) is 17.7. The number of fused-ring (bicyclic) bond motifs is 2. The fourth-order valence-corrected chi connectivity index (χ4v) is 3.28. The highest BCUT2D eigenvalue weighted by molar-refractivity contribution is 5.85. The van der Waals surface area contributed by atoms with E-state index in [1.165, 1.54) is 25.7 Å². The number of guanidine groups is 1. The van der Waals surface area contributed by atoms with Crippen LogP contribution in [0.2, 0.25) is 0 Å². The Morgan fingerprint density at radius 1 is 1.30 bits per heavy atom. The molecule has 2 fully saturated rings. The summed E-state index contributed by atoms with van der Waals surface area (Å²) in [5, 5.41) is 6.86. The monoisotopic (exact) mass is 280 g/mol. The van der Waals surface area contributed by atoms with Gasteiger partial charge in [-0.2, -0.15) is 0 Å². The normalized spacial score (nSPS) is 28.6. The lowest BCUT2D eigenvalue weighted by atomic mass is 9.95. The molecular weight excluding hydrogens is 252 g/mol. The van der Waals surface area contributed by atoms with Crippen molar-refractivity contribution in [3.63, 3.8) is 0 Å². The molecule has 5 heteroatoms. The van der Waals surface area contributed by atoms with Crippen LogP contribution < -0.4 is 10.6 Å². The van der Waals surface area contributed by atoms with Gasteiger partial charge in [0.15, 0.2) is 5.96 Å². The van der Waals surface area contributed by atoms with Crippen molar-refractivity contribution in [2.75, 3.05) is 27.2 Å². The highest BCUT2D eigenvalue weighted by Gasteiger charge is 2.39. The van der Waals surface area contributed by atoms with Gasteiger partial charge in [0.1, 0.15) is 6.54 Å². The molecule has 2 bridgehead atoms. The number of carbonyl (C=O) groups excluding carboxylic acids is 1. The van der Waals surface area contributed by atoms with Crippen molar-refractivity contribution in [1.82, 2.24) is 15.5 Å². The van der Waals surface area contributed by atoms with E-state index >= 15 is 0 Å². The number of nitrogens with zero attached hydrogens (tertiary/aromatic N) is 2. The van der Waals surface area contributed by atoms with Crippen molar-refractivity contribution in [3.05, 3.63) is 0 Å². The van der Waals surface area contributed by atoms with Crippen molar-refractivity contribution in [1.29, 1.82) is 0 Å². The summed E-state index contributed by atoms with van der Waals surface area (Å²) in [7, 11) is 3.53. The number of rotatable bonds is 5. The van der Waals surface area contributed by atoms with Gasteiger partial charge in [-0.15, -0.1) is 0 Å². The Bertz CT molecular complexity index is 367. The van der Waals surface area contributed by atoms with Gasteiger partial charge >= 0.3 is 0 Å². The molecule has 0 spiro atoms. The largest absolute Gasteiger partial charge is 0.356 e. The van der Waals surface area contributed by atoms with E-state index in [-0.39, 0.29) is 12.5 Å². The Hall–Kier alpha value is -1.26. The lowest BCUT2D eigenvalue weighted by Gasteiger charge is -2.25. The van der Waals surface area contributed by atoms with Gasteiger partial charge in [-0.3, -0.25) is 4.79 Å². The Morgan fingerprint density at radius 3 is 2.65 bits per heavy atom. The first-order valence-corrected chi connectivity index (χ1v) is 7.85. The topological polar surface area (TPSA) is 56.7 Å². The number of hydrogen-bond donors (Lipinski definition) is 2. The molecule has 3 atom stereocenters. The van der Waals surface area contributed by atoms with Crippen LogP contribution in [0.5, 0.6) is 0 Å². The lowest BCUT2D eigenvalue weighted by Crippen LogP contribution is -2.46. The molecule has 0 aliphatic heterocycles. The molecule has 0 aromatic heterocycles. The van der Waals surface area contributed by atoms with E-state index in [0.29, 0.717) is 6.04 Å². The molecular formula is C15H28N4O. The maximum absolute atomic E-state index is 11.6. The smallest absolute Gasteiger partial charge is 0.243 e. The third-order valence-corrected chi connectivity index (χ3v) is 4.47. The van der Waals surface area contributed by atoms with Crippen LogP contribution in [0, 0.1) is 11.8 Å². The van der Waals surface area contributed by atoms with Gasteiger partial charge in [0.25, 0.3) is 0 Å². The number of nitrogens with one attached hydrogen (secondary N) is 2. The Morgan fingerprint density at radius 2 is 2.10 bits per heavy atom. The average Bonchev–Trinajstić information content (AvgIpc) is 3.03. The van der Waals surface area contributed by atoms with Crippen molar-refractivity contribution in [3.8, 4) is 0 Å². The van der Waals surface area contributed by atoms with E-state index in [1.54, 1.807) is 19.0 Å². The van der Waals surface area contributed by atoms with E-state index in [4.69, 9.17) is 0 Å². The van der Waals surface area contributed by atoms with Gasteiger partial charge in [0.2, 0.25) is 5.91 Å². The lowest BCUT2D eigenvalue weighted by molar-refractivity contribution is -0.127. The minimum absolute atomic E-state index is 0.0375. The Balaban J connectivity index is 1.89. The summed E-state index contributed by atoms with van der Waals surface area (Å²) in [5.41, 5.74) is 0. The van der Waals surface area contributed by atoms with Crippen molar-refractivity contribution >= 4 is 11.9 Å². The maximum Gasteiger partial charge on any atom is 0.243 e. The summed E-state index contributed by atoms with van der Waals surface area (Å²) >= 11 is 0. The fraction of sp³-hybridized carbons (Fsp3) is 0.867. The van der Waals surface area contributed by atoms with E-state index < -0.39 is 0 Å². The standard InChI is InChI=1S/C15H28N4O/c1-4-7-16-15(17-10-14(20)19(2)3)18-13-9-11-5-6-12(13)8-11/h11-13H,4-10H2,1-3H3,(H2,16,17,18). The van der Waals surface area contributed by atoms with Crippen LogP contribution in [-0.2, 0) is 4.79 Å². The van der Waals surface area contributed by atoms with Gasteiger partial charge in [-0.1, -0.05) is 13.3 Å². The number of carbonyl (C=O) groups is 1. The molecule has 0 radical (unpaired) electrons. The number of aliphatic imine (C=N–C) groups is 1. The number of amides is 1. The Labute approximate surface area is 122 Å². The van der Waals surface area contributed by atoms with Gasteiger partial charge in [-0.05, 0) is 37.5 Å². The zero-order valence-corrected chi connectivity index (χ0v) is 13.0. The van der Waals surface area contributed by atoms with E-state index in [9.17, 15) is 4.79 Å². The second-order valence-electron chi connectivity index (χ2n) is 6.31. The van der Waals surface area contributed by atoms with Crippen LogP contribution in [0.3, 0.4) is 0 Å². The molecule has 5 nitrogen and oxygen atoms in total. The molecule has 2 saturated carbocycles. The maximum atomic E-state index is 11.6. The Kier molecular flexibility index (Phi) is 5.26. The average molecular weight is 280 g/mol. The van der Waals surface area contributed by atoms with Crippen LogP contribution in [0.25, 0.3) is 0 Å². The van der Waals surface area contributed by atoms with Gasteiger partial charge in [0, 0.05) is 26.7 Å². The van der Waals surface area contributed by atoms with Crippen LogP contribution in [0.1, 0.15) is 39.0 Å². The first-order valence-electron chi connectivity index (χ1n) is 7.85. The predicted molar refractivity (Wildman–Crippen MR) is 81.7 cm³/mol. The molecule has 114 valence electrons. The van der Waals surface area contributed by atoms with Gasteiger partial charge in [0.05, 0.1) is 0 Å². The molecule has 3 unspecified atom stereocenters. The number of hydrogen-bond acceptors (Lipinski definition) is 2. The van der Waals surface area contributed by atoms with Crippen LogP contribution in [0.15, 0.2) is 4.99 Å². The van der Waals surface area contributed by atoms with Crippen molar-refractivity contribution in [2.24, 2.45) is 16.8 Å². The summed E-state index contributed by atoms with van der Waals surface area (Å²) in [6.07, 6.45) is 6.43.